The molecule has 0 aromatic carbocycles. The van der Waals surface area contributed by atoms with Gasteiger partial charge in [-0.1, -0.05) is 0 Å². The van der Waals surface area contributed by atoms with Gasteiger partial charge in [-0.05, 0) is 19.4 Å². The Hall–Kier alpha value is -1.18. The number of rotatable bonds is 4. The zero-order chi connectivity index (χ0) is 13.7. The molecule has 1 N–H and O–H groups in total. The lowest BCUT2D eigenvalue weighted by Crippen LogP contribution is -2.33. The summed E-state index contributed by atoms with van der Waals surface area (Å²) < 4.78 is 31.8. The smallest absolute Gasteiger partial charge is 0.243 e. The van der Waals surface area contributed by atoms with E-state index in [0.717, 1.165) is 6.42 Å². The molecule has 1 aromatic heterocycles. The van der Waals surface area contributed by atoms with Gasteiger partial charge in [-0.15, -0.1) is 0 Å². The Morgan fingerprint density at radius 3 is 3.05 bits per heavy atom. The highest BCUT2D eigenvalue weighted by Gasteiger charge is 2.25. The van der Waals surface area contributed by atoms with E-state index in [1.165, 1.54) is 16.6 Å². The zero-order valence-corrected chi connectivity index (χ0v) is 11.8. The number of aromatic nitrogens is 1. The molecule has 19 heavy (non-hydrogen) atoms. The lowest BCUT2D eigenvalue weighted by molar-refractivity contribution is 0.148. The Bertz CT molecular complexity index is 511. The third-order valence-corrected chi connectivity index (χ3v) is 4.80. The molecule has 1 aliphatic heterocycles. The molecule has 0 amide bonds. The quantitative estimate of drug-likeness (QED) is 0.891. The highest BCUT2D eigenvalue weighted by Crippen LogP contribution is 2.19. The summed E-state index contributed by atoms with van der Waals surface area (Å²) in [5, 5.41) is 3.02. The number of nitrogens with one attached hydrogen (secondary N) is 1. The average Bonchev–Trinajstić information content (AvgIpc) is 2.69. The summed E-state index contributed by atoms with van der Waals surface area (Å²) in [4.78, 5) is 4.37. The van der Waals surface area contributed by atoms with E-state index in [4.69, 9.17) is 4.74 Å². The molecule has 0 aliphatic carbocycles. The van der Waals surface area contributed by atoms with Crippen LogP contribution in [-0.4, -0.2) is 50.6 Å². The van der Waals surface area contributed by atoms with Crippen LogP contribution in [0.1, 0.15) is 13.3 Å². The first-order valence-corrected chi connectivity index (χ1v) is 7.86. The SMILES string of the molecule is CCNc1cc(S(=O)(=O)N2CCCOCC2)ccn1. The number of hydrogen-bond acceptors (Lipinski definition) is 5. The van der Waals surface area contributed by atoms with Gasteiger partial charge in [0.05, 0.1) is 11.5 Å². The van der Waals surface area contributed by atoms with Crippen LogP contribution in [-0.2, 0) is 14.8 Å². The van der Waals surface area contributed by atoms with Gasteiger partial charge >= 0.3 is 0 Å². The van der Waals surface area contributed by atoms with Crippen molar-refractivity contribution in [2.24, 2.45) is 0 Å². The maximum atomic E-state index is 12.5. The Morgan fingerprint density at radius 1 is 1.42 bits per heavy atom. The van der Waals surface area contributed by atoms with E-state index in [2.05, 4.69) is 10.3 Å². The van der Waals surface area contributed by atoms with Crippen molar-refractivity contribution in [1.29, 1.82) is 0 Å². The van der Waals surface area contributed by atoms with Crippen molar-refractivity contribution in [2.45, 2.75) is 18.2 Å². The predicted octanol–water partition coefficient (Wildman–Crippen LogP) is 0.924. The molecule has 0 spiro atoms. The predicted molar refractivity (Wildman–Crippen MR) is 72.6 cm³/mol. The molecule has 1 aliphatic rings. The summed E-state index contributed by atoms with van der Waals surface area (Å²) in [5.41, 5.74) is 0. The van der Waals surface area contributed by atoms with Crippen molar-refractivity contribution < 1.29 is 13.2 Å². The Kier molecular flexibility index (Phi) is 4.73. The zero-order valence-electron chi connectivity index (χ0n) is 11.0. The average molecular weight is 285 g/mol. The summed E-state index contributed by atoms with van der Waals surface area (Å²) in [6.45, 7) is 4.61. The van der Waals surface area contributed by atoms with E-state index >= 15 is 0 Å². The van der Waals surface area contributed by atoms with Gasteiger partial charge in [-0.3, -0.25) is 0 Å². The number of pyridine rings is 1. The highest BCUT2D eigenvalue weighted by atomic mass is 32.2. The van der Waals surface area contributed by atoms with Crippen molar-refractivity contribution in [3.8, 4) is 0 Å². The van der Waals surface area contributed by atoms with E-state index in [0.29, 0.717) is 38.7 Å². The van der Waals surface area contributed by atoms with Crippen LogP contribution in [0.4, 0.5) is 5.82 Å². The maximum Gasteiger partial charge on any atom is 0.243 e. The minimum atomic E-state index is -3.45. The minimum Gasteiger partial charge on any atom is -0.380 e. The van der Waals surface area contributed by atoms with Crippen molar-refractivity contribution in [2.75, 3.05) is 38.2 Å². The molecule has 6 nitrogen and oxygen atoms in total. The van der Waals surface area contributed by atoms with Crippen molar-refractivity contribution in [1.82, 2.24) is 9.29 Å². The molecule has 0 atom stereocenters. The van der Waals surface area contributed by atoms with Crippen LogP contribution < -0.4 is 5.32 Å². The lowest BCUT2D eigenvalue weighted by Gasteiger charge is -2.19. The summed E-state index contributed by atoms with van der Waals surface area (Å²) in [6.07, 6.45) is 2.24. The second-order valence-electron chi connectivity index (χ2n) is 4.28. The molecule has 1 fully saturated rings. The molecule has 1 saturated heterocycles. The number of hydrogen-bond donors (Lipinski definition) is 1. The Balaban J connectivity index is 2.24. The first kappa shape index (κ1) is 14.2. The van der Waals surface area contributed by atoms with E-state index in [1.54, 1.807) is 6.07 Å². The fourth-order valence-electron chi connectivity index (χ4n) is 1.96. The van der Waals surface area contributed by atoms with E-state index in [1.807, 2.05) is 6.92 Å². The Morgan fingerprint density at radius 2 is 2.26 bits per heavy atom. The van der Waals surface area contributed by atoms with Crippen LogP contribution in [0.15, 0.2) is 23.2 Å². The van der Waals surface area contributed by atoms with Gasteiger partial charge in [-0.2, -0.15) is 4.31 Å². The van der Waals surface area contributed by atoms with Crippen LogP contribution >= 0.6 is 0 Å². The first-order chi connectivity index (χ1) is 9.14. The molecule has 0 unspecified atom stereocenters. The normalized spacial score (nSPS) is 17.9. The third-order valence-electron chi connectivity index (χ3n) is 2.91. The molecule has 0 saturated carbocycles. The van der Waals surface area contributed by atoms with Gasteiger partial charge in [-0.25, -0.2) is 13.4 Å². The number of sulfonamides is 1. The fourth-order valence-corrected chi connectivity index (χ4v) is 3.44. The van der Waals surface area contributed by atoms with Gasteiger partial charge in [0, 0.05) is 38.5 Å². The van der Waals surface area contributed by atoms with Gasteiger partial charge in [0.1, 0.15) is 5.82 Å². The van der Waals surface area contributed by atoms with E-state index in [-0.39, 0.29) is 4.90 Å². The molecular formula is C12H19N3O3S. The second kappa shape index (κ2) is 6.31. The van der Waals surface area contributed by atoms with E-state index < -0.39 is 10.0 Å². The van der Waals surface area contributed by atoms with Crippen molar-refractivity contribution >= 4 is 15.8 Å². The molecule has 1 aromatic rings. The van der Waals surface area contributed by atoms with Crippen LogP contribution in [0.2, 0.25) is 0 Å². The summed E-state index contributed by atoms with van der Waals surface area (Å²) in [6, 6.07) is 3.10. The highest BCUT2D eigenvalue weighted by molar-refractivity contribution is 7.89. The molecular weight excluding hydrogens is 266 g/mol. The maximum absolute atomic E-state index is 12.5. The molecule has 0 radical (unpaired) electrons. The van der Waals surface area contributed by atoms with Gasteiger partial charge < -0.3 is 10.1 Å². The lowest BCUT2D eigenvalue weighted by atomic mass is 10.4. The summed E-state index contributed by atoms with van der Waals surface area (Å²) in [5.74, 6) is 0.578. The van der Waals surface area contributed by atoms with Crippen LogP contribution in [0.3, 0.4) is 0 Å². The topological polar surface area (TPSA) is 71.5 Å². The van der Waals surface area contributed by atoms with Gasteiger partial charge in [0.2, 0.25) is 10.0 Å². The number of nitrogens with zero attached hydrogens (tertiary/aromatic N) is 2. The number of anilines is 1. The fraction of sp³-hybridized carbons (Fsp3) is 0.583. The Labute approximate surface area is 113 Å². The minimum absolute atomic E-state index is 0.278. The molecule has 2 heterocycles. The van der Waals surface area contributed by atoms with Crippen LogP contribution in [0, 0.1) is 0 Å². The van der Waals surface area contributed by atoms with E-state index in [9.17, 15) is 8.42 Å². The van der Waals surface area contributed by atoms with Gasteiger partial charge in [0.15, 0.2) is 0 Å². The molecule has 2 rings (SSSR count). The van der Waals surface area contributed by atoms with Gasteiger partial charge in [0.25, 0.3) is 0 Å². The molecule has 7 heteroatoms. The first-order valence-electron chi connectivity index (χ1n) is 6.42. The standard InChI is InChI=1S/C12H19N3O3S/c1-2-13-12-10-11(4-5-14-12)19(16,17)15-6-3-8-18-9-7-15/h4-5,10H,2-3,6-9H2,1H3,(H,13,14). The van der Waals surface area contributed by atoms with Crippen LogP contribution in [0.25, 0.3) is 0 Å². The summed E-state index contributed by atoms with van der Waals surface area (Å²) in [7, 11) is -3.45. The monoisotopic (exact) mass is 285 g/mol. The molecule has 106 valence electrons. The third kappa shape index (κ3) is 3.43. The molecule has 0 bridgehead atoms. The number of ether oxygens (including phenoxy) is 1. The van der Waals surface area contributed by atoms with Crippen molar-refractivity contribution in [3.05, 3.63) is 18.3 Å². The summed E-state index contributed by atoms with van der Waals surface area (Å²) >= 11 is 0. The van der Waals surface area contributed by atoms with Crippen molar-refractivity contribution in [3.63, 3.8) is 0 Å². The van der Waals surface area contributed by atoms with Crippen LogP contribution in [0.5, 0.6) is 0 Å². The largest absolute Gasteiger partial charge is 0.380 e. The second-order valence-corrected chi connectivity index (χ2v) is 6.22.